The Labute approximate surface area is 167 Å². The van der Waals surface area contributed by atoms with E-state index < -0.39 is 23.0 Å². The van der Waals surface area contributed by atoms with Crippen LogP contribution in [0.2, 0.25) is 0 Å². The number of aromatic nitrogens is 1. The van der Waals surface area contributed by atoms with Gasteiger partial charge in [0.15, 0.2) is 11.6 Å². The Balaban J connectivity index is 1.98. The second kappa shape index (κ2) is 7.71. The lowest BCUT2D eigenvalue weighted by Gasteiger charge is -2.20. The largest absolute Gasteiger partial charge is 0.477 e. The zero-order chi connectivity index (χ0) is 20.7. The van der Waals surface area contributed by atoms with Crippen LogP contribution in [0.3, 0.4) is 0 Å². The van der Waals surface area contributed by atoms with Crippen molar-refractivity contribution in [3.63, 3.8) is 0 Å². The fourth-order valence-electron chi connectivity index (χ4n) is 4.35. The molecule has 154 valence electrons. The van der Waals surface area contributed by atoms with Gasteiger partial charge in [0.2, 0.25) is 5.43 Å². The smallest absolute Gasteiger partial charge is 0.341 e. The lowest BCUT2D eigenvalue weighted by molar-refractivity contribution is 0.0693. The van der Waals surface area contributed by atoms with Crippen molar-refractivity contribution in [2.24, 2.45) is 0 Å². The van der Waals surface area contributed by atoms with Crippen LogP contribution in [-0.2, 0) is 6.42 Å². The fraction of sp³-hybridized carbons (Fsp3) is 0.455. The summed E-state index contributed by atoms with van der Waals surface area (Å²) >= 11 is 0. The van der Waals surface area contributed by atoms with Gasteiger partial charge < -0.3 is 15.0 Å². The number of pyridine rings is 1. The molecule has 1 aromatic carbocycles. The van der Waals surface area contributed by atoms with Gasteiger partial charge in [-0.15, -0.1) is 0 Å². The first-order valence-corrected chi connectivity index (χ1v) is 10.2. The number of aromatic carboxylic acids is 1. The lowest BCUT2D eigenvalue weighted by atomic mass is 10.0. The molecule has 7 heteroatoms. The Morgan fingerprint density at radius 3 is 2.69 bits per heavy atom. The fourth-order valence-corrected chi connectivity index (χ4v) is 4.35. The third-order valence-electron chi connectivity index (χ3n) is 5.85. The average Bonchev–Trinajstić information content (AvgIpc) is 3.39. The highest BCUT2D eigenvalue weighted by Gasteiger charge is 2.32. The lowest BCUT2D eigenvalue weighted by Crippen LogP contribution is -2.25. The minimum atomic E-state index is -1.34. The predicted molar refractivity (Wildman–Crippen MR) is 107 cm³/mol. The van der Waals surface area contributed by atoms with Crippen LogP contribution in [-0.4, -0.2) is 28.2 Å². The first-order valence-electron chi connectivity index (χ1n) is 10.2. The van der Waals surface area contributed by atoms with Gasteiger partial charge in [0.1, 0.15) is 5.56 Å². The summed E-state index contributed by atoms with van der Waals surface area (Å²) in [5.74, 6) is -3.49. The molecule has 2 N–H and O–H groups in total. The molecule has 1 unspecified atom stereocenters. The number of nitrogens with one attached hydrogen (secondary N) is 1. The van der Waals surface area contributed by atoms with E-state index in [9.17, 15) is 23.5 Å². The first-order chi connectivity index (χ1) is 13.9. The van der Waals surface area contributed by atoms with Gasteiger partial charge in [0.05, 0.1) is 10.9 Å². The zero-order valence-corrected chi connectivity index (χ0v) is 16.3. The monoisotopic (exact) mass is 402 g/mol. The van der Waals surface area contributed by atoms with Crippen molar-refractivity contribution in [3.8, 4) is 0 Å². The van der Waals surface area contributed by atoms with Crippen molar-refractivity contribution >= 4 is 22.9 Å². The van der Waals surface area contributed by atoms with Crippen LogP contribution in [0.15, 0.2) is 16.9 Å². The van der Waals surface area contributed by atoms with Gasteiger partial charge in [0.25, 0.3) is 0 Å². The molecule has 5 nitrogen and oxygen atoms in total. The van der Waals surface area contributed by atoms with Crippen molar-refractivity contribution in [2.75, 3.05) is 6.54 Å². The quantitative estimate of drug-likeness (QED) is 0.765. The average molecular weight is 402 g/mol. The molecule has 0 amide bonds. The Morgan fingerprint density at radius 2 is 2.10 bits per heavy atom. The van der Waals surface area contributed by atoms with E-state index in [-0.39, 0.29) is 22.6 Å². The standard InChI is InChI=1S/C22H24F2N2O3/c1-2-17-18(22(28)29)21(27)15-11-16(23)19(24)14(20(15)26(17)13-8-9-13)7-3-5-12-6-4-10-25-12/h3,7,11-13,25H,2,4-6,8-10H2,1H3,(H,28,29). The highest BCUT2D eigenvalue weighted by atomic mass is 19.2. The molecule has 1 aliphatic carbocycles. The Bertz CT molecular complexity index is 1060. The molecule has 1 atom stereocenters. The van der Waals surface area contributed by atoms with E-state index in [0.29, 0.717) is 30.1 Å². The molecule has 0 radical (unpaired) electrons. The summed E-state index contributed by atoms with van der Waals surface area (Å²) in [7, 11) is 0. The number of halogens is 2. The summed E-state index contributed by atoms with van der Waals surface area (Å²) in [4.78, 5) is 24.7. The van der Waals surface area contributed by atoms with E-state index in [1.807, 2.05) is 0 Å². The van der Waals surface area contributed by atoms with Crippen molar-refractivity contribution in [1.82, 2.24) is 9.88 Å². The maximum absolute atomic E-state index is 14.8. The normalized spacial score (nSPS) is 19.5. The molecular weight excluding hydrogens is 378 g/mol. The summed E-state index contributed by atoms with van der Waals surface area (Å²) in [5, 5.41) is 12.9. The number of fused-ring (bicyclic) bond motifs is 1. The van der Waals surface area contributed by atoms with Crippen LogP contribution in [0.4, 0.5) is 8.78 Å². The molecule has 0 bridgehead atoms. The summed E-state index contributed by atoms with van der Waals surface area (Å²) in [6.07, 6.45) is 8.10. The van der Waals surface area contributed by atoms with E-state index >= 15 is 0 Å². The number of hydrogen-bond donors (Lipinski definition) is 2. The molecular formula is C22H24F2N2O3. The van der Waals surface area contributed by atoms with E-state index in [4.69, 9.17) is 0 Å². The maximum Gasteiger partial charge on any atom is 0.341 e. The summed E-state index contributed by atoms with van der Waals surface area (Å²) in [5.41, 5.74) is -0.409. The van der Waals surface area contributed by atoms with Crippen molar-refractivity contribution in [1.29, 1.82) is 0 Å². The minimum Gasteiger partial charge on any atom is -0.477 e. The van der Waals surface area contributed by atoms with E-state index in [0.717, 1.165) is 38.3 Å². The summed E-state index contributed by atoms with van der Waals surface area (Å²) in [6.45, 7) is 2.72. The first kappa shape index (κ1) is 19.8. The van der Waals surface area contributed by atoms with Crippen LogP contribution in [0.1, 0.15) is 66.7 Å². The zero-order valence-electron chi connectivity index (χ0n) is 16.3. The topological polar surface area (TPSA) is 71.3 Å². The second-order valence-electron chi connectivity index (χ2n) is 7.82. The number of nitrogens with zero attached hydrogens (tertiary/aromatic N) is 1. The molecule has 0 spiro atoms. The van der Waals surface area contributed by atoms with Gasteiger partial charge in [-0.25, -0.2) is 13.6 Å². The Hall–Kier alpha value is -2.54. The predicted octanol–water partition coefficient (Wildman–Crippen LogP) is 4.03. The van der Waals surface area contributed by atoms with Gasteiger partial charge in [-0.2, -0.15) is 0 Å². The minimum absolute atomic E-state index is 0.000315. The van der Waals surface area contributed by atoms with E-state index in [1.165, 1.54) is 0 Å². The number of rotatable bonds is 6. The molecule has 2 aliphatic rings. The van der Waals surface area contributed by atoms with Gasteiger partial charge in [-0.05, 0) is 51.1 Å². The highest BCUT2D eigenvalue weighted by molar-refractivity contribution is 5.97. The van der Waals surface area contributed by atoms with Crippen LogP contribution in [0.25, 0.3) is 17.0 Å². The number of carboxylic acids is 1. The van der Waals surface area contributed by atoms with Crippen molar-refractivity contribution in [3.05, 3.63) is 50.8 Å². The second-order valence-corrected chi connectivity index (χ2v) is 7.82. The molecule has 1 aliphatic heterocycles. The van der Waals surface area contributed by atoms with E-state index in [2.05, 4.69) is 5.32 Å². The highest BCUT2D eigenvalue weighted by Crippen LogP contribution is 2.40. The van der Waals surface area contributed by atoms with Gasteiger partial charge >= 0.3 is 5.97 Å². The van der Waals surface area contributed by atoms with Crippen LogP contribution in [0, 0.1) is 11.6 Å². The number of carboxylic acid groups (broad SMARTS) is 1. The van der Waals surface area contributed by atoms with E-state index in [1.54, 1.807) is 23.6 Å². The van der Waals surface area contributed by atoms with Gasteiger partial charge in [-0.1, -0.05) is 19.1 Å². The summed E-state index contributed by atoms with van der Waals surface area (Å²) in [6, 6.07) is 1.15. The number of hydrogen-bond acceptors (Lipinski definition) is 3. The number of benzene rings is 1. The Kier molecular flexibility index (Phi) is 5.25. The van der Waals surface area contributed by atoms with Gasteiger partial charge in [-0.3, -0.25) is 4.79 Å². The Morgan fingerprint density at radius 1 is 1.34 bits per heavy atom. The van der Waals surface area contributed by atoms with Crippen LogP contribution < -0.4 is 10.7 Å². The third kappa shape index (κ3) is 3.48. The molecule has 2 aromatic rings. The maximum atomic E-state index is 14.8. The molecule has 4 rings (SSSR count). The van der Waals surface area contributed by atoms with Crippen molar-refractivity contribution < 1.29 is 18.7 Å². The molecule has 29 heavy (non-hydrogen) atoms. The molecule has 1 saturated heterocycles. The molecule has 1 aromatic heterocycles. The molecule has 2 heterocycles. The molecule has 1 saturated carbocycles. The summed E-state index contributed by atoms with van der Waals surface area (Å²) < 4.78 is 31.0. The molecule has 2 fully saturated rings. The van der Waals surface area contributed by atoms with Crippen molar-refractivity contribution in [2.45, 2.75) is 57.5 Å². The van der Waals surface area contributed by atoms with Crippen LogP contribution >= 0.6 is 0 Å². The SMILES string of the molecule is CCc1c(C(=O)O)c(=O)c2cc(F)c(F)c(C=CCC3CCCN3)c2n1C1CC1. The van der Waals surface area contributed by atoms with Gasteiger partial charge in [0, 0.05) is 23.3 Å². The van der Waals surface area contributed by atoms with Crippen LogP contribution in [0.5, 0.6) is 0 Å². The third-order valence-corrected chi connectivity index (χ3v) is 5.85. The number of carbonyl (C=O) groups is 1.